The van der Waals surface area contributed by atoms with Gasteiger partial charge in [0.25, 0.3) is 0 Å². The fraction of sp³-hybridized carbons (Fsp3) is 0.429. The fourth-order valence-electron chi connectivity index (χ4n) is 2.20. The number of aromatic nitrogens is 3. The summed E-state index contributed by atoms with van der Waals surface area (Å²) in [6.45, 7) is 8.97. The smallest absolute Gasteiger partial charge is 0.0646 e. The highest BCUT2D eigenvalue weighted by molar-refractivity contribution is 5.46. The highest BCUT2D eigenvalue weighted by atomic mass is 15.3. The Morgan fingerprint density at radius 1 is 1.11 bits per heavy atom. The lowest BCUT2D eigenvalue weighted by Gasteiger charge is -2.08. The van der Waals surface area contributed by atoms with Crippen molar-refractivity contribution in [1.29, 1.82) is 0 Å². The molecule has 0 atom stereocenters. The Kier molecular flexibility index (Phi) is 3.36. The van der Waals surface area contributed by atoms with Crippen LogP contribution in [0.5, 0.6) is 0 Å². The third-order valence-corrected chi connectivity index (χ3v) is 3.21. The van der Waals surface area contributed by atoms with Gasteiger partial charge in [0.15, 0.2) is 0 Å². The van der Waals surface area contributed by atoms with Gasteiger partial charge in [0.05, 0.1) is 5.69 Å². The molecule has 0 saturated carbocycles. The third kappa shape index (κ3) is 2.53. The number of anilines is 1. The summed E-state index contributed by atoms with van der Waals surface area (Å²) >= 11 is 0. The van der Waals surface area contributed by atoms with Gasteiger partial charge in [-0.2, -0.15) is 5.10 Å². The first kappa shape index (κ1) is 12.6. The zero-order valence-electron chi connectivity index (χ0n) is 11.7. The minimum Gasteiger partial charge on any atom is -0.381 e. The minimum absolute atomic E-state index is 0.800. The lowest BCUT2D eigenvalue weighted by Crippen LogP contribution is -2.03. The van der Waals surface area contributed by atoms with Crippen LogP contribution in [0.2, 0.25) is 0 Å². The molecule has 4 heteroatoms. The Bertz CT molecular complexity index is 549. The maximum Gasteiger partial charge on any atom is 0.0646 e. The van der Waals surface area contributed by atoms with Gasteiger partial charge in [-0.15, -0.1) is 0 Å². The van der Waals surface area contributed by atoms with Crippen LogP contribution in [0.1, 0.15) is 28.3 Å². The predicted molar refractivity (Wildman–Crippen MR) is 73.7 cm³/mol. The first-order valence-electron chi connectivity index (χ1n) is 6.15. The molecule has 2 aromatic heterocycles. The normalized spacial score (nSPS) is 10.7. The lowest BCUT2D eigenvalue weighted by molar-refractivity contribution is 0.730. The number of rotatable bonds is 3. The van der Waals surface area contributed by atoms with Crippen LogP contribution in [0, 0.1) is 27.7 Å². The summed E-state index contributed by atoms with van der Waals surface area (Å²) < 4.78 is 1.93. The molecule has 1 N–H and O–H groups in total. The fourth-order valence-corrected chi connectivity index (χ4v) is 2.20. The summed E-state index contributed by atoms with van der Waals surface area (Å²) in [7, 11) is 1.98. The van der Waals surface area contributed by atoms with Crippen molar-refractivity contribution in [2.45, 2.75) is 34.2 Å². The average molecular weight is 244 g/mol. The van der Waals surface area contributed by atoms with Crippen molar-refractivity contribution >= 4 is 5.69 Å². The van der Waals surface area contributed by atoms with Crippen LogP contribution in [-0.4, -0.2) is 14.8 Å². The van der Waals surface area contributed by atoms with Crippen LogP contribution < -0.4 is 5.32 Å². The molecule has 96 valence electrons. The van der Waals surface area contributed by atoms with E-state index in [1.54, 1.807) is 0 Å². The van der Waals surface area contributed by atoms with E-state index in [1.165, 1.54) is 11.3 Å². The number of aryl methyl sites for hydroxylation is 4. The highest BCUT2D eigenvalue weighted by Crippen LogP contribution is 2.16. The van der Waals surface area contributed by atoms with E-state index in [0.717, 1.165) is 29.3 Å². The van der Waals surface area contributed by atoms with Gasteiger partial charge in [-0.3, -0.25) is 9.67 Å². The van der Waals surface area contributed by atoms with Crippen molar-refractivity contribution in [3.05, 3.63) is 40.5 Å². The minimum atomic E-state index is 0.800. The van der Waals surface area contributed by atoms with E-state index in [9.17, 15) is 0 Å². The highest BCUT2D eigenvalue weighted by Gasteiger charge is 2.08. The standard InChI is InChI=1S/C14H20N4/c1-9-6-13(7-10(2)16-9)15-8-14-11(3)17-18(5)12(14)4/h6-7H,8H2,1-5H3,(H,15,16). The maximum atomic E-state index is 4.42. The van der Waals surface area contributed by atoms with Crippen LogP contribution in [0.25, 0.3) is 0 Å². The summed E-state index contributed by atoms with van der Waals surface area (Å²) in [4.78, 5) is 4.37. The monoisotopic (exact) mass is 244 g/mol. The van der Waals surface area contributed by atoms with Crippen LogP contribution in [0.4, 0.5) is 5.69 Å². The summed E-state index contributed by atoms with van der Waals surface area (Å²) in [6.07, 6.45) is 0. The van der Waals surface area contributed by atoms with Crippen LogP contribution in [-0.2, 0) is 13.6 Å². The molecule has 0 unspecified atom stereocenters. The van der Waals surface area contributed by atoms with Gasteiger partial charge >= 0.3 is 0 Å². The molecule has 0 saturated heterocycles. The molecule has 2 rings (SSSR count). The topological polar surface area (TPSA) is 42.7 Å². The summed E-state index contributed by atoms with van der Waals surface area (Å²) in [5.74, 6) is 0. The quantitative estimate of drug-likeness (QED) is 0.902. The number of nitrogens with one attached hydrogen (secondary N) is 1. The Morgan fingerprint density at radius 2 is 1.72 bits per heavy atom. The molecular weight excluding hydrogens is 224 g/mol. The molecule has 0 aliphatic carbocycles. The van der Waals surface area contributed by atoms with Crippen LogP contribution >= 0.6 is 0 Å². The van der Waals surface area contributed by atoms with Gasteiger partial charge in [0, 0.05) is 41.9 Å². The molecule has 0 bridgehead atoms. The number of pyridine rings is 1. The van der Waals surface area contributed by atoms with Gasteiger partial charge in [0.1, 0.15) is 0 Å². The zero-order valence-corrected chi connectivity index (χ0v) is 11.7. The molecule has 4 nitrogen and oxygen atoms in total. The predicted octanol–water partition coefficient (Wildman–Crippen LogP) is 2.66. The SMILES string of the molecule is Cc1cc(NCc2c(C)nn(C)c2C)cc(C)n1. The van der Waals surface area contributed by atoms with Crippen molar-refractivity contribution < 1.29 is 0 Å². The van der Waals surface area contributed by atoms with E-state index in [2.05, 4.69) is 34.5 Å². The van der Waals surface area contributed by atoms with Gasteiger partial charge in [-0.05, 0) is 39.8 Å². The van der Waals surface area contributed by atoms with Crippen molar-refractivity contribution in [2.24, 2.45) is 7.05 Å². The summed E-state index contributed by atoms with van der Waals surface area (Å²) in [6, 6.07) is 4.13. The largest absolute Gasteiger partial charge is 0.381 e. The maximum absolute atomic E-state index is 4.42. The van der Waals surface area contributed by atoms with Crippen molar-refractivity contribution in [2.75, 3.05) is 5.32 Å². The molecule has 2 aromatic rings. The molecule has 0 radical (unpaired) electrons. The van der Waals surface area contributed by atoms with Crippen molar-refractivity contribution in [1.82, 2.24) is 14.8 Å². The van der Waals surface area contributed by atoms with Crippen LogP contribution in [0.15, 0.2) is 12.1 Å². The molecule has 0 spiro atoms. The Labute approximate surface area is 108 Å². The number of hydrogen-bond acceptors (Lipinski definition) is 3. The zero-order chi connectivity index (χ0) is 13.3. The molecule has 0 fully saturated rings. The molecule has 0 aromatic carbocycles. The van der Waals surface area contributed by atoms with E-state index in [-0.39, 0.29) is 0 Å². The van der Waals surface area contributed by atoms with E-state index in [4.69, 9.17) is 0 Å². The molecule has 0 amide bonds. The second-order valence-corrected chi connectivity index (χ2v) is 4.77. The summed E-state index contributed by atoms with van der Waals surface area (Å²) in [5, 5.41) is 7.87. The number of nitrogens with zero attached hydrogens (tertiary/aromatic N) is 3. The van der Waals surface area contributed by atoms with E-state index in [1.807, 2.05) is 32.5 Å². The Balaban J connectivity index is 2.16. The number of hydrogen-bond donors (Lipinski definition) is 1. The van der Waals surface area contributed by atoms with E-state index < -0.39 is 0 Å². The van der Waals surface area contributed by atoms with E-state index in [0.29, 0.717) is 0 Å². The van der Waals surface area contributed by atoms with E-state index >= 15 is 0 Å². The van der Waals surface area contributed by atoms with Crippen molar-refractivity contribution in [3.63, 3.8) is 0 Å². The third-order valence-electron chi connectivity index (χ3n) is 3.21. The molecular formula is C14H20N4. The first-order chi connectivity index (χ1) is 8.47. The summed E-state index contributed by atoms with van der Waals surface area (Å²) in [5.41, 5.74) is 6.76. The molecule has 18 heavy (non-hydrogen) atoms. The second kappa shape index (κ2) is 4.80. The lowest BCUT2D eigenvalue weighted by atomic mass is 10.2. The Morgan fingerprint density at radius 3 is 2.22 bits per heavy atom. The molecule has 0 aliphatic heterocycles. The molecule has 0 aliphatic rings. The first-order valence-corrected chi connectivity index (χ1v) is 6.15. The Hall–Kier alpha value is -1.84. The van der Waals surface area contributed by atoms with Gasteiger partial charge < -0.3 is 5.32 Å². The second-order valence-electron chi connectivity index (χ2n) is 4.77. The van der Waals surface area contributed by atoms with Crippen LogP contribution in [0.3, 0.4) is 0 Å². The van der Waals surface area contributed by atoms with Gasteiger partial charge in [-0.25, -0.2) is 0 Å². The van der Waals surface area contributed by atoms with Gasteiger partial charge in [0.2, 0.25) is 0 Å². The average Bonchev–Trinajstić information content (AvgIpc) is 2.50. The molecule has 2 heterocycles. The van der Waals surface area contributed by atoms with Gasteiger partial charge in [-0.1, -0.05) is 0 Å². The van der Waals surface area contributed by atoms with Crippen molar-refractivity contribution in [3.8, 4) is 0 Å².